The van der Waals surface area contributed by atoms with Crippen molar-refractivity contribution in [3.8, 4) is 0 Å². The zero-order chi connectivity index (χ0) is 30.5. The molecule has 0 aliphatic heterocycles. The topological polar surface area (TPSA) is 133 Å². The molecule has 0 aromatic carbocycles. The minimum absolute atomic E-state index is 0.192. The summed E-state index contributed by atoms with van der Waals surface area (Å²) < 4.78 is 35.3. The Bertz CT molecular complexity index is 707. The van der Waals surface area contributed by atoms with E-state index in [-0.39, 0.29) is 31.8 Å². The third-order valence-corrected chi connectivity index (χ3v) is 5.21. The first-order chi connectivity index (χ1) is 19.2. The molecule has 0 N–H and O–H groups in total. The number of hydrogen-bond donors (Lipinski definition) is 0. The maximum atomic E-state index is 11.2. The largest absolute Gasteiger partial charge is 0.462 e. The third kappa shape index (κ3) is 23.8. The molecule has 0 unspecified atom stereocenters. The summed E-state index contributed by atoms with van der Waals surface area (Å²) in [7, 11) is 0. The van der Waals surface area contributed by atoms with Crippen molar-refractivity contribution in [1.29, 1.82) is 0 Å². The van der Waals surface area contributed by atoms with Crippen LogP contribution in [0.25, 0.3) is 0 Å². The predicted molar refractivity (Wildman–Crippen MR) is 149 cm³/mol. The molecular formula is C29H46O11. The summed E-state index contributed by atoms with van der Waals surface area (Å²) in [6.07, 6.45) is 8.10. The molecule has 0 fully saturated rings. The van der Waals surface area contributed by atoms with Gasteiger partial charge in [0.05, 0.1) is 39.6 Å². The van der Waals surface area contributed by atoms with Crippen molar-refractivity contribution in [3.63, 3.8) is 0 Å². The van der Waals surface area contributed by atoms with Crippen molar-refractivity contribution in [2.24, 2.45) is 5.41 Å². The van der Waals surface area contributed by atoms with Gasteiger partial charge in [-0.25, -0.2) is 19.2 Å². The number of carbonyl (C=O) groups is 4. The lowest BCUT2D eigenvalue weighted by Crippen LogP contribution is -2.33. The fourth-order valence-corrected chi connectivity index (χ4v) is 2.75. The van der Waals surface area contributed by atoms with Gasteiger partial charge in [-0.3, -0.25) is 0 Å². The van der Waals surface area contributed by atoms with Gasteiger partial charge in [0.15, 0.2) is 0 Å². The molecule has 0 spiro atoms. The van der Waals surface area contributed by atoms with E-state index in [0.717, 1.165) is 50.0 Å². The second-order valence-electron chi connectivity index (χ2n) is 8.16. The zero-order valence-electron chi connectivity index (χ0n) is 24.0. The van der Waals surface area contributed by atoms with Crippen LogP contribution in [0.5, 0.6) is 0 Å². The first-order valence-electron chi connectivity index (χ1n) is 13.1. The van der Waals surface area contributed by atoms with E-state index in [1.807, 2.05) is 6.92 Å². The Kier molecular flexibility index (Phi) is 26.5. The van der Waals surface area contributed by atoms with Gasteiger partial charge in [-0.2, -0.15) is 0 Å². The van der Waals surface area contributed by atoms with Crippen molar-refractivity contribution in [1.82, 2.24) is 0 Å². The minimum atomic E-state index is -0.467. The van der Waals surface area contributed by atoms with E-state index in [2.05, 4.69) is 33.2 Å². The molecule has 0 saturated carbocycles. The molecule has 0 heterocycles. The quantitative estimate of drug-likeness (QED) is 0.0730. The molecule has 0 atom stereocenters. The molecule has 0 aromatic rings. The summed E-state index contributed by atoms with van der Waals surface area (Å²) in [5.74, 6) is -1.84. The predicted octanol–water partition coefficient (Wildman–Crippen LogP) is 3.53. The minimum Gasteiger partial charge on any atom is -0.462 e. The van der Waals surface area contributed by atoms with E-state index in [1.165, 1.54) is 0 Å². The van der Waals surface area contributed by atoms with E-state index in [9.17, 15) is 19.2 Å². The third-order valence-electron chi connectivity index (χ3n) is 5.21. The Balaban J connectivity index is 0. The SMILES string of the molecule is C=CC(=O)OCC(CC)(CCCC)COC(=O)C=C.C=CC(=O)OCCOCCOCCOCCOC(=O)C=C. The van der Waals surface area contributed by atoms with Gasteiger partial charge in [0.1, 0.15) is 26.4 Å². The maximum Gasteiger partial charge on any atom is 0.330 e. The number of ether oxygens (including phenoxy) is 7. The van der Waals surface area contributed by atoms with Gasteiger partial charge < -0.3 is 33.2 Å². The van der Waals surface area contributed by atoms with Crippen LogP contribution in [0, 0.1) is 5.41 Å². The highest BCUT2D eigenvalue weighted by Gasteiger charge is 2.31. The molecule has 11 heteroatoms. The van der Waals surface area contributed by atoms with Crippen molar-refractivity contribution < 1.29 is 52.3 Å². The lowest BCUT2D eigenvalue weighted by atomic mass is 9.81. The van der Waals surface area contributed by atoms with Crippen LogP contribution in [0.2, 0.25) is 0 Å². The van der Waals surface area contributed by atoms with E-state index >= 15 is 0 Å². The van der Waals surface area contributed by atoms with Gasteiger partial charge >= 0.3 is 23.9 Å². The highest BCUT2D eigenvalue weighted by atomic mass is 16.6. The van der Waals surface area contributed by atoms with Gasteiger partial charge in [0, 0.05) is 29.7 Å². The molecule has 0 aliphatic carbocycles. The lowest BCUT2D eigenvalue weighted by molar-refractivity contribution is -0.149. The van der Waals surface area contributed by atoms with Crippen LogP contribution in [0.4, 0.5) is 0 Å². The Morgan fingerprint density at radius 3 is 1.18 bits per heavy atom. The summed E-state index contributed by atoms with van der Waals surface area (Å²) in [4.78, 5) is 43.7. The summed E-state index contributed by atoms with van der Waals surface area (Å²) in [5, 5.41) is 0. The summed E-state index contributed by atoms with van der Waals surface area (Å²) in [6.45, 7) is 20.5. The smallest absolute Gasteiger partial charge is 0.330 e. The molecular weight excluding hydrogens is 524 g/mol. The molecule has 11 nitrogen and oxygen atoms in total. The van der Waals surface area contributed by atoms with E-state index in [4.69, 9.17) is 33.2 Å². The Labute approximate surface area is 238 Å². The van der Waals surface area contributed by atoms with E-state index < -0.39 is 23.9 Å². The van der Waals surface area contributed by atoms with E-state index in [0.29, 0.717) is 39.6 Å². The van der Waals surface area contributed by atoms with Crippen LogP contribution in [0.1, 0.15) is 39.5 Å². The molecule has 228 valence electrons. The average molecular weight is 571 g/mol. The highest BCUT2D eigenvalue weighted by molar-refractivity contribution is 5.82. The molecule has 0 saturated heterocycles. The molecule has 0 aliphatic rings. The van der Waals surface area contributed by atoms with Crippen molar-refractivity contribution >= 4 is 23.9 Å². The zero-order valence-corrected chi connectivity index (χ0v) is 24.0. The average Bonchev–Trinajstić information content (AvgIpc) is 2.98. The van der Waals surface area contributed by atoms with Gasteiger partial charge in [0.2, 0.25) is 0 Å². The van der Waals surface area contributed by atoms with Crippen LogP contribution in [0.15, 0.2) is 50.6 Å². The lowest BCUT2D eigenvalue weighted by Gasteiger charge is -2.31. The number of rotatable bonds is 24. The molecule has 0 bridgehead atoms. The Morgan fingerprint density at radius 2 is 0.875 bits per heavy atom. The van der Waals surface area contributed by atoms with Gasteiger partial charge in [0.25, 0.3) is 0 Å². The first-order valence-corrected chi connectivity index (χ1v) is 13.1. The number of carbonyl (C=O) groups excluding carboxylic acids is 4. The monoisotopic (exact) mass is 570 g/mol. The van der Waals surface area contributed by atoms with Crippen LogP contribution >= 0.6 is 0 Å². The maximum absolute atomic E-state index is 11.2. The second-order valence-corrected chi connectivity index (χ2v) is 8.16. The molecule has 0 rings (SSSR count). The molecule has 0 aromatic heterocycles. The van der Waals surface area contributed by atoms with Crippen molar-refractivity contribution in [2.75, 3.05) is 66.1 Å². The summed E-state index contributed by atoms with van der Waals surface area (Å²) in [5.41, 5.74) is -0.326. The molecule has 0 radical (unpaired) electrons. The number of esters is 4. The first kappa shape index (κ1) is 38.9. The van der Waals surface area contributed by atoms with Gasteiger partial charge in [-0.15, -0.1) is 0 Å². The number of unbranched alkanes of at least 4 members (excludes halogenated alkanes) is 1. The summed E-state index contributed by atoms with van der Waals surface area (Å²) >= 11 is 0. The van der Waals surface area contributed by atoms with Crippen LogP contribution in [-0.4, -0.2) is 89.9 Å². The van der Waals surface area contributed by atoms with Gasteiger partial charge in [-0.05, 0) is 12.8 Å². The molecule has 40 heavy (non-hydrogen) atoms. The van der Waals surface area contributed by atoms with Crippen LogP contribution < -0.4 is 0 Å². The summed E-state index contributed by atoms with van der Waals surface area (Å²) in [6, 6.07) is 0. The highest BCUT2D eigenvalue weighted by Crippen LogP contribution is 2.30. The molecule has 0 amide bonds. The van der Waals surface area contributed by atoms with Crippen LogP contribution in [0.3, 0.4) is 0 Å². The van der Waals surface area contributed by atoms with Crippen molar-refractivity contribution in [3.05, 3.63) is 50.6 Å². The second kappa shape index (κ2) is 27.3. The van der Waals surface area contributed by atoms with Gasteiger partial charge in [-0.1, -0.05) is 53.0 Å². The van der Waals surface area contributed by atoms with Crippen molar-refractivity contribution in [2.45, 2.75) is 39.5 Å². The Hall–Kier alpha value is -3.28. The fraction of sp³-hybridized carbons (Fsp3) is 0.586. The Morgan fingerprint density at radius 1 is 0.550 bits per heavy atom. The fourth-order valence-electron chi connectivity index (χ4n) is 2.75. The van der Waals surface area contributed by atoms with E-state index in [1.54, 1.807) is 0 Å². The van der Waals surface area contributed by atoms with Crippen LogP contribution in [-0.2, 0) is 52.3 Å². The number of hydrogen-bond acceptors (Lipinski definition) is 11. The normalized spacial score (nSPS) is 10.2. The standard InChI is InChI=1S/C15H24O4.C14H22O7/c1-5-9-10-15(8-4,11-18-13(16)6-2)12-19-14(17)7-3;1-3-13(15)20-11-9-18-7-5-17-6-8-19-10-12-21-14(16)4-2/h6-7H,2-3,5,8-12H2,1,4H3;3-4H,1-2,5-12H2.